The number of imidazole rings is 1. The molecule has 162 valence electrons. The number of hydrogen-bond acceptors (Lipinski definition) is 6. The van der Waals surface area contributed by atoms with Crippen LogP contribution in [0, 0.1) is 18.6 Å². The first-order chi connectivity index (χ1) is 15.6. The summed E-state index contributed by atoms with van der Waals surface area (Å²) in [5.74, 6) is 0.450. The van der Waals surface area contributed by atoms with Crippen molar-refractivity contribution in [3.63, 3.8) is 0 Å². The van der Waals surface area contributed by atoms with Gasteiger partial charge in [0.1, 0.15) is 22.9 Å². The van der Waals surface area contributed by atoms with E-state index in [2.05, 4.69) is 30.6 Å². The molecule has 2 N–H and O–H groups in total. The van der Waals surface area contributed by atoms with E-state index in [1.54, 1.807) is 6.07 Å². The molecule has 1 aliphatic carbocycles. The molecule has 32 heavy (non-hydrogen) atoms. The molecular weight excluding hydrogens is 412 g/mol. The molecule has 1 saturated carbocycles. The zero-order valence-electron chi connectivity index (χ0n) is 17.5. The van der Waals surface area contributed by atoms with E-state index in [1.807, 2.05) is 23.6 Å². The van der Waals surface area contributed by atoms with Gasteiger partial charge in [-0.15, -0.1) is 0 Å². The molecule has 1 fully saturated rings. The maximum atomic E-state index is 14.9. The quantitative estimate of drug-likeness (QED) is 0.502. The average molecular weight is 433 g/mol. The highest BCUT2D eigenvalue weighted by molar-refractivity contribution is 5.83. The highest BCUT2D eigenvalue weighted by Crippen LogP contribution is 2.40. The number of halogens is 2. The maximum absolute atomic E-state index is 14.9. The Kier molecular flexibility index (Phi) is 4.39. The minimum absolute atomic E-state index is 0.0339. The molecule has 0 spiro atoms. The third-order valence-corrected chi connectivity index (χ3v) is 6.02. The number of fused-ring (bicyclic) bond motifs is 2. The van der Waals surface area contributed by atoms with E-state index in [9.17, 15) is 8.78 Å². The Labute approximate surface area is 182 Å². The molecule has 0 amide bonds. The van der Waals surface area contributed by atoms with Crippen LogP contribution < -0.4 is 10.6 Å². The standard InChI is InChI=1S/C23H21F2N7/c1-12-28-22-16(24)8-14(9-19(22)32(12)15-3-4-15)21-17(25)11-27-23(31-21)30-20-5-2-13-10-26-7-6-18(13)29-20/h2,5,8-9,11,15,26H,3-4,6-7,10H2,1H3,(H,27,29,30,31). The predicted octanol–water partition coefficient (Wildman–Crippen LogP) is 4.20. The predicted molar refractivity (Wildman–Crippen MR) is 117 cm³/mol. The second-order valence-electron chi connectivity index (χ2n) is 8.33. The van der Waals surface area contributed by atoms with Gasteiger partial charge in [-0.1, -0.05) is 6.07 Å². The number of hydrogen-bond donors (Lipinski definition) is 2. The third kappa shape index (κ3) is 3.29. The molecule has 1 aliphatic heterocycles. The Balaban J connectivity index is 1.39. The summed E-state index contributed by atoms with van der Waals surface area (Å²) in [7, 11) is 0. The molecule has 0 bridgehead atoms. The summed E-state index contributed by atoms with van der Waals surface area (Å²) < 4.78 is 31.6. The van der Waals surface area contributed by atoms with E-state index in [0.29, 0.717) is 28.5 Å². The smallest absolute Gasteiger partial charge is 0.229 e. The number of nitrogens with zero attached hydrogens (tertiary/aromatic N) is 5. The fourth-order valence-electron chi connectivity index (χ4n) is 4.35. The van der Waals surface area contributed by atoms with Crippen molar-refractivity contribution in [1.82, 2.24) is 29.8 Å². The van der Waals surface area contributed by atoms with Crippen LogP contribution in [0.5, 0.6) is 0 Å². The van der Waals surface area contributed by atoms with Crippen LogP contribution in [0.2, 0.25) is 0 Å². The molecule has 4 heterocycles. The fourth-order valence-corrected chi connectivity index (χ4v) is 4.35. The van der Waals surface area contributed by atoms with Gasteiger partial charge in [-0.2, -0.15) is 0 Å². The Morgan fingerprint density at radius 1 is 1.09 bits per heavy atom. The fraction of sp³-hybridized carbons (Fsp3) is 0.304. The van der Waals surface area contributed by atoms with Gasteiger partial charge in [0.25, 0.3) is 0 Å². The normalized spacial score (nSPS) is 15.7. The van der Waals surface area contributed by atoms with Crippen LogP contribution in [0.4, 0.5) is 20.5 Å². The van der Waals surface area contributed by atoms with Gasteiger partial charge in [0.2, 0.25) is 5.95 Å². The second-order valence-corrected chi connectivity index (χ2v) is 8.33. The van der Waals surface area contributed by atoms with Crippen molar-refractivity contribution < 1.29 is 8.78 Å². The molecule has 9 heteroatoms. The Morgan fingerprint density at radius 2 is 1.97 bits per heavy atom. The minimum atomic E-state index is -0.618. The highest BCUT2D eigenvalue weighted by Gasteiger charge is 2.28. The molecule has 0 radical (unpaired) electrons. The summed E-state index contributed by atoms with van der Waals surface area (Å²) in [5.41, 5.74) is 3.54. The molecule has 3 aromatic heterocycles. The van der Waals surface area contributed by atoms with E-state index >= 15 is 0 Å². The average Bonchev–Trinajstić information content (AvgIpc) is 3.57. The lowest BCUT2D eigenvalue weighted by Crippen LogP contribution is -2.24. The van der Waals surface area contributed by atoms with Gasteiger partial charge in [0.15, 0.2) is 11.6 Å². The zero-order chi connectivity index (χ0) is 21.8. The number of aromatic nitrogens is 5. The van der Waals surface area contributed by atoms with Crippen LogP contribution >= 0.6 is 0 Å². The lowest BCUT2D eigenvalue weighted by Gasteiger charge is -2.17. The third-order valence-electron chi connectivity index (χ3n) is 6.02. The molecule has 1 aromatic carbocycles. The van der Waals surface area contributed by atoms with E-state index in [1.165, 1.54) is 6.07 Å². The number of anilines is 2. The largest absolute Gasteiger partial charge is 0.325 e. The van der Waals surface area contributed by atoms with Crippen LogP contribution in [0.3, 0.4) is 0 Å². The number of rotatable bonds is 4. The molecule has 0 saturated heterocycles. The summed E-state index contributed by atoms with van der Waals surface area (Å²) in [6.45, 7) is 3.54. The molecule has 2 aliphatic rings. The maximum Gasteiger partial charge on any atom is 0.229 e. The first-order valence-electron chi connectivity index (χ1n) is 10.7. The first-order valence-corrected chi connectivity index (χ1v) is 10.7. The summed E-state index contributed by atoms with van der Waals surface area (Å²) in [4.78, 5) is 17.4. The van der Waals surface area contributed by atoms with Crippen molar-refractivity contribution in [2.24, 2.45) is 0 Å². The van der Waals surface area contributed by atoms with Crippen molar-refractivity contribution in [2.75, 3.05) is 11.9 Å². The van der Waals surface area contributed by atoms with Crippen LogP contribution in [-0.2, 0) is 13.0 Å². The summed E-state index contributed by atoms with van der Waals surface area (Å²) in [5, 5.41) is 6.37. The number of benzene rings is 1. The molecule has 7 nitrogen and oxygen atoms in total. The molecule has 0 atom stereocenters. The monoisotopic (exact) mass is 433 g/mol. The van der Waals surface area contributed by atoms with Gasteiger partial charge in [0.05, 0.1) is 11.7 Å². The molecule has 0 unspecified atom stereocenters. The van der Waals surface area contributed by atoms with E-state index in [0.717, 1.165) is 55.6 Å². The summed E-state index contributed by atoms with van der Waals surface area (Å²) in [6, 6.07) is 7.22. The van der Waals surface area contributed by atoms with E-state index < -0.39 is 11.6 Å². The van der Waals surface area contributed by atoms with Crippen LogP contribution in [-0.4, -0.2) is 31.0 Å². The van der Waals surface area contributed by atoms with Crippen molar-refractivity contribution >= 4 is 22.8 Å². The SMILES string of the molecule is Cc1nc2c(F)cc(-c3nc(Nc4ccc5c(n4)CCNC5)ncc3F)cc2n1C1CC1. The lowest BCUT2D eigenvalue weighted by molar-refractivity contribution is 0.617. The second kappa shape index (κ2) is 7.30. The van der Waals surface area contributed by atoms with Gasteiger partial charge >= 0.3 is 0 Å². The van der Waals surface area contributed by atoms with Crippen LogP contribution in [0.25, 0.3) is 22.3 Å². The molecular formula is C23H21F2N7. The molecule has 6 rings (SSSR count). The highest BCUT2D eigenvalue weighted by atomic mass is 19.1. The van der Waals surface area contributed by atoms with E-state index in [-0.39, 0.29) is 11.6 Å². The van der Waals surface area contributed by atoms with Gasteiger partial charge in [-0.05, 0) is 43.5 Å². The number of aryl methyl sites for hydroxylation is 1. The summed E-state index contributed by atoms with van der Waals surface area (Å²) >= 11 is 0. The van der Waals surface area contributed by atoms with Gasteiger partial charge in [0, 0.05) is 36.8 Å². The Hall–Kier alpha value is -3.46. The lowest BCUT2D eigenvalue weighted by atomic mass is 10.1. The Morgan fingerprint density at radius 3 is 2.81 bits per heavy atom. The van der Waals surface area contributed by atoms with Gasteiger partial charge in [-0.3, -0.25) is 0 Å². The topological polar surface area (TPSA) is 80.6 Å². The van der Waals surface area contributed by atoms with Crippen molar-refractivity contribution in [1.29, 1.82) is 0 Å². The van der Waals surface area contributed by atoms with Crippen molar-refractivity contribution in [3.05, 3.63) is 59.2 Å². The van der Waals surface area contributed by atoms with Crippen LogP contribution in [0.1, 0.15) is 36.0 Å². The van der Waals surface area contributed by atoms with E-state index in [4.69, 9.17) is 0 Å². The first kappa shape index (κ1) is 19.2. The van der Waals surface area contributed by atoms with Crippen molar-refractivity contribution in [2.45, 2.75) is 38.8 Å². The summed E-state index contributed by atoms with van der Waals surface area (Å²) in [6.07, 6.45) is 4.02. The minimum Gasteiger partial charge on any atom is -0.325 e. The number of pyridine rings is 1. The zero-order valence-corrected chi connectivity index (χ0v) is 17.5. The van der Waals surface area contributed by atoms with Gasteiger partial charge in [-0.25, -0.2) is 28.7 Å². The van der Waals surface area contributed by atoms with Gasteiger partial charge < -0.3 is 15.2 Å². The number of nitrogens with one attached hydrogen (secondary N) is 2. The Bertz CT molecular complexity index is 1360. The van der Waals surface area contributed by atoms with Crippen LogP contribution in [0.15, 0.2) is 30.5 Å². The van der Waals surface area contributed by atoms with Crippen molar-refractivity contribution in [3.8, 4) is 11.3 Å². The molecule has 4 aromatic rings.